The van der Waals surface area contributed by atoms with Crippen molar-refractivity contribution in [3.63, 3.8) is 0 Å². The van der Waals surface area contributed by atoms with E-state index in [1.807, 2.05) is 45.9 Å². The van der Waals surface area contributed by atoms with Gasteiger partial charge in [0, 0.05) is 12.0 Å². The molecule has 41 heavy (non-hydrogen) atoms. The summed E-state index contributed by atoms with van der Waals surface area (Å²) in [4.78, 5) is 33.7. The number of hydrogen-bond acceptors (Lipinski definition) is 8. The van der Waals surface area contributed by atoms with Crippen LogP contribution in [0.3, 0.4) is 0 Å². The predicted octanol–water partition coefficient (Wildman–Crippen LogP) is 6.27. The van der Waals surface area contributed by atoms with Crippen LogP contribution in [-0.4, -0.2) is 41.6 Å². The molecule has 4 aromatic rings. The number of ketones is 1. The van der Waals surface area contributed by atoms with Gasteiger partial charge in [0.15, 0.2) is 16.6 Å². The Morgan fingerprint density at radius 3 is 2.68 bits per heavy atom. The molecule has 3 aromatic carbocycles. The number of methoxy groups -OCH3 is 1. The second-order valence-electron chi connectivity index (χ2n) is 10.4. The molecule has 1 saturated heterocycles. The predicted molar refractivity (Wildman–Crippen MR) is 158 cm³/mol. The van der Waals surface area contributed by atoms with Crippen molar-refractivity contribution in [3.05, 3.63) is 81.9 Å². The fourth-order valence-electron chi connectivity index (χ4n) is 5.66. The second kappa shape index (κ2) is 10.2. The quantitative estimate of drug-likeness (QED) is 0.166. The first kappa shape index (κ1) is 26.8. The van der Waals surface area contributed by atoms with E-state index >= 15 is 0 Å². The molecule has 0 aliphatic carbocycles. The molecule has 1 N–H and O–H groups in total. The number of amides is 1. The molecule has 1 fully saturated rings. The molecule has 0 unspecified atom stereocenters. The molecule has 9 heteroatoms. The van der Waals surface area contributed by atoms with Gasteiger partial charge in [-0.1, -0.05) is 23.5 Å². The average Bonchev–Trinajstić information content (AvgIpc) is 3.61. The van der Waals surface area contributed by atoms with Gasteiger partial charge in [-0.3, -0.25) is 14.5 Å². The van der Waals surface area contributed by atoms with Gasteiger partial charge in [0.2, 0.25) is 0 Å². The van der Waals surface area contributed by atoms with Gasteiger partial charge in [0.05, 0.1) is 35.5 Å². The molecule has 0 radical (unpaired) electrons. The highest BCUT2D eigenvalue weighted by atomic mass is 32.1. The molecule has 210 valence electrons. The SMILES string of the molecule is CCOc1ccc([C@H]2C(=C(O)c3ccc4c(c3)C[C@H](C)O4)C(=O)C(=O)N2c2nc3c(C)cc(C)cc3s2)cc1OC. The summed E-state index contributed by atoms with van der Waals surface area (Å²) in [6.45, 7) is 8.28. The van der Waals surface area contributed by atoms with Crippen LogP contribution in [0.25, 0.3) is 16.0 Å². The van der Waals surface area contributed by atoms with Crippen LogP contribution in [0.5, 0.6) is 17.2 Å². The monoisotopic (exact) mass is 570 g/mol. The van der Waals surface area contributed by atoms with Gasteiger partial charge < -0.3 is 19.3 Å². The highest BCUT2D eigenvalue weighted by molar-refractivity contribution is 7.22. The van der Waals surface area contributed by atoms with E-state index in [1.165, 1.54) is 23.3 Å². The van der Waals surface area contributed by atoms with E-state index in [4.69, 9.17) is 19.2 Å². The van der Waals surface area contributed by atoms with Gasteiger partial charge in [-0.05, 0) is 86.3 Å². The lowest BCUT2D eigenvalue weighted by Gasteiger charge is -2.24. The summed E-state index contributed by atoms with van der Waals surface area (Å²) in [5.74, 6) is -0.0425. The topological polar surface area (TPSA) is 98.2 Å². The van der Waals surface area contributed by atoms with Crippen LogP contribution >= 0.6 is 11.3 Å². The normalized spacial score (nSPS) is 19.5. The Morgan fingerprint density at radius 2 is 1.93 bits per heavy atom. The van der Waals surface area contributed by atoms with Gasteiger partial charge in [-0.2, -0.15) is 0 Å². The minimum atomic E-state index is -0.940. The third kappa shape index (κ3) is 4.50. The first-order valence-electron chi connectivity index (χ1n) is 13.5. The van der Waals surface area contributed by atoms with Crippen LogP contribution in [0.1, 0.15) is 47.7 Å². The van der Waals surface area contributed by atoms with Crippen molar-refractivity contribution in [2.75, 3.05) is 18.6 Å². The molecule has 0 bridgehead atoms. The summed E-state index contributed by atoms with van der Waals surface area (Å²) in [5.41, 5.74) is 4.78. The van der Waals surface area contributed by atoms with Gasteiger partial charge in [-0.15, -0.1) is 0 Å². The van der Waals surface area contributed by atoms with Crippen molar-refractivity contribution in [3.8, 4) is 17.2 Å². The number of aliphatic hydroxyl groups excluding tert-OH is 1. The summed E-state index contributed by atoms with van der Waals surface area (Å²) in [5, 5.41) is 12.0. The second-order valence-corrected chi connectivity index (χ2v) is 11.4. The largest absolute Gasteiger partial charge is 0.507 e. The fourth-order valence-corrected chi connectivity index (χ4v) is 6.83. The summed E-state index contributed by atoms with van der Waals surface area (Å²) in [6, 6.07) is 13.7. The molecule has 1 amide bonds. The number of fused-ring (bicyclic) bond motifs is 2. The van der Waals surface area contributed by atoms with Crippen molar-refractivity contribution in [1.29, 1.82) is 0 Å². The lowest BCUT2D eigenvalue weighted by molar-refractivity contribution is -0.132. The zero-order valence-electron chi connectivity index (χ0n) is 23.5. The third-order valence-electron chi connectivity index (χ3n) is 7.44. The minimum absolute atomic E-state index is 0.0136. The fraction of sp³-hybridized carbons (Fsp3) is 0.281. The first-order chi connectivity index (χ1) is 19.7. The molecule has 8 nitrogen and oxygen atoms in total. The van der Waals surface area contributed by atoms with Crippen LogP contribution in [0.4, 0.5) is 5.13 Å². The lowest BCUT2D eigenvalue weighted by Crippen LogP contribution is -2.29. The highest BCUT2D eigenvalue weighted by Crippen LogP contribution is 2.46. The maximum Gasteiger partial charge on any atom is 0.301 e. The number of hydrogen-bond donors (Lipinski definition) is 1. The van der Waals surface area contributed by atoms with Crippen LogP contribution in [0, 0.1) is 13.8 Å². The van der Waals surface area contributed by atoms with E-state index in [2.05, 4.69) is 0 Å². The van der Waals surface area contributed by atoms with E-state index in [-0.39, 0.29) is 17.4 Å². The highest BCUT2D eigenvalue weighted by Gasteiger charge is 2.48. The van der Waals surface area contributed by atoms with Crippen molar-refractivity contribution in [2.45, 2.75) is 46.3 Å². The number of carbonyl (C=O) groups excluding carboxylic acids is 2. The molecule has 2 aliphatic rings. The van der Waals surface area contributed by atoms with Gasteiger partial charge in [0.1, 0.15) is 17.6 Å². The molecule has 0 saturated carbocycles. The Labute approximate surface area is 241 Å². The number of carbonyl (C=O) groups is 2. The number of anilines is 1. The van der Waals surface area contributed by atoms with Crippen molar-refractivity contribution < 1.29 is 28.9 Å². The number of aryl methyl sites for hydroxylation is 2. The van der Waals surface area contributed by atoms with Crippen LogP contribution < -0.4 is 19.1 Å². The van der Waals surface area contributed by atoms with Gasteiger partial charge >= 0.3 is 5.91 Å². The van der Waals surface area contributed by atoms with Crippen molar-refractivity contribution in [1.82, 2.24) is 4.98 Å². The van der Waals surface area contributed by atoms with E-state index in [1.54, 1.807) is 30.3 Å². The maximum atomic E-state index is 13.7. The Morgan fingerprint density at radius 1 is 1.12 bits per heavy atom. The number of aromatic nitrogens is 1. The maximum absolute atomic E-state index is 13.7. The number of nitrogens with zero attached hydrogens (tertiary/aromatic N) is 2. The number of rotatable bonds is 6. The van der Waals surface area contributed by atoms with Crippen molar-refractivity contribution in [2.24, 2.45) is 0 Å². The Balaban J connectivity index is 1.56. The number of benzene rings is 3. The summed E-state index contributed by atoms with van der Waals surface area (Å²) in [6.07, 6.45) is 0.713. The summed E-state index contributed by atoms with van der Waals surface area (Å²) < 4.78 is 18.0. The molecule has 3 heterocycles. The zero-order chi connectivity index (χ0) is 29.0. The molecule has 6 rings (SSSR count). The van der Waals surface area contributed by atoms with E-state index in [0.717, 1.165) is 32.7 Å². The van der Waals surface area contributed by atoms with E-state index in [9.17, 15) is 14.7 Å². The summed E-state index contributed by atoms with van der Waals surface area (Å²) in [7, 11) is 1.53. The van der Waals surface area contributed by atoms with Crippen LogP contribution in [0.2, 0.25) is 0 Å². The summed E-state index contributed by atoms with van der Waals surface area (Å²) >= 11 is 1.34. The molecule has 1 aromatic heterocycles. The van der Waals surface area contributed by atoms with E-state index in [0.29, 0.717) is 40.8 Å². The van der Waals surface area contributed by atoms with E-state index < -0.39 is 17.7 Å². The molecular weight excluding hydrogens is 540 g/mol. The molecule has 0 spiro atoms. The number of ether oxygens (including phenoxy) is 3. The smallest absolute Gasteiger partial charge is 0.301 e. The number of aliphatic hydroxyl groups is 1. The van der Waals surface area contributed by atoms with Gasteiger partial charge in [-0.25, -0.2) is 4.98 Å². The first-order valence-corrected chi connectivity index (χ1v) is 14.3. The Kier molecular flexibility index (Phi) is 6.69. The lowest BCUT2D eigenvalue weighted by atomic mass is 9.94. The van der Waals surface area contributed by atoms with Crippen LogP contribution in [0.15, 0.2) is 54.1 Å². The molecular formula is C32H30N2O6S. The Hall–Kier alpha value is -4.37. The van der Waals surface area contributed by atoms with Crippen LogP contribution in [-0.2, 0) is 16.0 Å². The number of thiazole rings is 1. The average molecular weight is 571 g/mol. The number of Topliss-reactive ketones (excluding diaryl/α,β-unsaturated/α-hetero) is 1. The zero-order valence-corrected chi connectivity index (χ0v) is 24.3. The Bertz CT molecular complexity index is 1760. The minimum Gasteiger partial charge on any atom is -0.507 e. The molecule has 2 atom stereocenters. The van der Waals surface area contributed by atoms with Gasteiger partial charge in [0.25, 0.3) is 5.78 Å². The van der Waals surface area contributed by atoms with Crippen molar-refractivity contribution >= 4 is 44.1 Å². The standard InChI is InChI=1S/C32H30N2O6S/c1-6-39-23-10-7-19(15-24(23)38-5)28-26(29(35)20-8-9-22-21(14-20)13-18(4)40-22)30(36)31(37)34(28)32-33-27-17(3)11-16(2)12-25(27)41-32/h7-12,14-15,18,28,35H,6,13H2,1-5H3/t18-,28-/m0/s1. The third-order valence-corrected chi connectivity index (χ3v) is 8.44. The molecule has 2 aliphatic heterocycles.